The molecule has 0 fully saturated rings. The highest BCUT2D eigenvalue weighted by molar-refractivity contribution is 7.89. The Bertz CT molecular complexity index is 940. The number of hydrogen-bond donors (Lipinski definition) is 2. The molecular weight excluding hydrogens is 396 g/mol. The zero-order chi connectivity index (χ0) is 21.4. The number of amides is 1. The quantitative estimate of drug-likeness (QED) is 0.602. The monoisotopic (exact) mass is 420 g/mol. The zero-order valence-corrected chi connectivity index (χ0v) is 17.3. The summed E-state index contributed by atoms with van der Waals surface area (Å²) in [5.74, 6) is -0.845. The van der Waals surface area contributed by atoms with Crippen LogP contribution < -0.4 is 14.8 Å². The van der Waals surface area contributed by atoms with Crippen molar-refractivity contribution in [3.05, 3.63) is 54.1 Å². The Balaban J connectivity index is 1.85. The molecule has 0 aromatic heterocycles. The maximum atomic E-state index is 12.3. The van der Waals surface area contributed by atoms with Gasteiger partial charge in [0.2, 0.25) is 10.0 Å². The smallest absolute Gasteiger partial charge is 0.321 e. The van der Waals surface area contributed by atoms with Gasteiger partial charge in [-0.3, -0.25) is 9.59 Å². The Morgan fingerprint density at radius 1 is 1.03 bits per heavy atom. The van der Waals surface area contributed by atoms with E-state index < -0.39 is 34.5 Å². The highest BCUT2D eigenvalue weighted by Gasteiger charge is 2.20. The predicted molar refractivity (Wildman–Crippen MR) is 108 cm³/mol. The Labute approximate surface area is 170 Å². The van der Waals surface area contributed by atoms with Crippen molar-refractivity contribution in [2.24, 2.45) is 0 Å². The van der Waals surface area contributed by atoms with Gasteiger partial charge in [0, 0.05) is 5.69 Å². The summed E-state index contributed by atoms with van der Waals surface area (Å²) in [6, 6.07) is 12.9. The number of nitrogens with one attached hydrogen (secondary N) is 2. The van der Waals surface area contributed by atoms with Gasteiger partial charge in [0.05, 0.1) is 11.5 Å². The van der Waals surface area contributed by atoms with Gasteiger partial charge in [0.1, 0.15) is 12.3 Å². The Morgan fingerprint density at radius 2 is 1.66 bits per heavy atom. The van der Waals surface area contributed by atoms with Gasteiger partial charge in [-0.25, -0.2) is 8.42 Å². The Morgan fingerprint density at radius 3 is 2.24 bits per heavy atom. The van der Waals surface area contributed by atoms with Gasteiger partial charge in [0.15, 0.2) is 6.10 Å². The molecule has 2 rings (SSSR count). The molecule has 156 valence electrons. The van der Waals surface area contributed by atoms with Crippen LogP contribution in [0.2, 0.25) is 0 Å². The van der Waals surface area contributed by atoms with E-state index in [9.17, 15) is 18.0 Å². The number of esters is 1. The molecule has 8 nitrogen and oxygen atoms in total. The van der Waals surface area contributed by atoms with Crippen LogP contribution in [0.3, 0.4) is 0 Å². The lowest BCUT2D eigenvalue weighted by Crippen LogP contribution is -2.35. The molecule has 29 heavy (non-hydrogen) atoms. The maximum absolute atomic E-state index is 12.3. The average molecular weight is 420 g/mol. The van der Waals surface area contributed by atoms with E-state index in [1.165, 1.54) is 31.2 Å². The largest absolute Gasteiger partial charge is 0.494 e. The molecule has 0 radical (unpaired) electrons. The molecule has 0 aliphatic carbocycles. The number of aryl methyl sites for hydroxylation is 1. The first-order valence-corrected chi connectivity index (χ1v) is 10.5. The van der Waals surface area contributed by atoms with Crippen molar-refractivity contribution in [2.75, 3.05) is 18.5 Å². The molecule has 0 aliphatic heterocycles. The number of ether oxygens (including phenoxy) is 2. The number of hydrogen-bond acceptors (Lipinski definition) is 6. The van der Waals surface area contributed by atoms with E-state index in [2.05, 4.69) is 10.0 Å². The second-order valence-corrected chi connectivity index (χ2v) is 7.98. The van der Waals surface area contributed by atoms with E-state index in [0.29, 0.717) is 18.0 Å². The summed E-state index contributed by atoms with van der Waals surface area (Å²) in [5.41, 5.74) is 1.61. The molecule has 1 amide bonds. The fourth-order valence-electron chi connectivity index (χ4n) is 2.29. The van der Waals surface area contributed by atoms with Crippen LogP contribution in [0.5, 0.6) is 5.75 Å². The number of carbonyl (C=O) groups is 2. The summed E-state index contributed by atoms with van der Waals surface area (Å²) >= 11 is 0. The van der Waals surface area contributed by atoms with Crippen LogP contribution in [0.15, 0.2) is 53.4 Å². The van der Waals surface area contributed by atoms with E-state index in [1.54, 1.807) is 12.1 Å². The highest BCUT2D eigenvalue weighted by atomic mass is 32.2. The van der Waals surface area contributed by atoms with Crippen LogP contribution in [0.4, 0.5) is 5.69 Å². The minimum absolute atomic E-state index is 0.0149. The third kappa shape index (κ3) is 6.88. The molecule has 0 bridgehead atoms. The van der Waals surface area contributed by atoms with Crippen molar-refractivity contribution in [3.63, 3.8) is 0 Å². The summed E-state index contributed by atoms with van der Waals surface area (Å²) < 4.78 is 36.9. The van der Waals surface area contributed by atoms with Crippen molar-refractivity contribution in [1.82, 2.24) is 4.72 Å². The van der Waals surface area contributed by atoms with Crippen molar-refractivity contribution >= 4 is 27.6 Å². The maximum Gasteiger partial charge on any atom is 0.321 e. The SMILES string of the molecule is CCOc1ccc(S(=O)(=O)NCC(=O)O[C@@H](C)C(=O)Nc2ccc(C)cc2)cc1. The molecule has 0 heterocycles. The van der Waals surface area contributed by atoms with Crippen molar-refractivity contribution < 1.29 is 27.5 Å². The lowest BCUT2D eigenvalue weighted by atomic mass is 10.2. The van der Waals surface area contributed by atoms with Crippen LogP contribution in [0, 0.1) is 6.92 Å². The van der Waals surface area contributed by atoms with Crippen molar-refractivity contribution in [2.45, 2.75) is 31.8 Å². The first kappa shape index (κ1) is 22.4. The Kier molecular flexibility index (Phi) is 7.74. The minimum atomic E-state index is -3.90. The molecule has 9 heteroatoms. The lowest BCUT2D eigenvalue weighted by Gasteiger charge is -2.14. The first-order chi connectivity index (χ1) is 13.7. The van der Waals surface area contributed by atoms with Crippen LogP contribution >= 0.6 is 0 Å². The topological polar surface area (TPSA) is 111 Å². The van der Waals surface area contributed by atoms with Gasteiger partial charge in [-0.15, -0.1) is 0 Å². The minimum Gasteiger partial charge on any atom is -0.494 e. The van der Waals surface area contributed by atoms with Crippen LogP contribution in [0.25, 0.3) is 0 Å². The molecule has 2 aromatic carbocycles. The van der Waals surface area contributed by atoms with Crippen molar-refractivity contribution in [3.8, 4) is 5.75 Å². The average Bonchev–Trinajstić information content (AvgIpc) is 2.69. The molecule has 2 aromatic rings. The van der Waals surface area contributed by atoms with Gasteiger partial charge in [-0.05, 0) is 57.2 Å². The molecule has 0 saturated carbocycles. The first-order valence-electron chi connectivity index (χ1n) is 9.01. The third-order valence-corrected chi connectivity index (χ3v) is 5.27. The van der Waals surface area contributed by atoms with E-state index in [0.717, 1.165) is 5.56 Å². The number of benzene rings is 2. The number of anilines is 1. The molecule has 0 aliphatic rings. The van der Waals surface area contributed by atoms with Crippen LogP contribution in [0.1, 0.15) is 19.4 Å². The summed E-state index contributed by atoms with van der Waals surface area (Å²) in [7, 11) is -3.90. The molecule has 0 saturated heterocycles. The van der Waals surface area contributed by atoms with Gasteiger partial charge < -0.3 is 14.8 Å². The number of rotatable bonds is 9. The van der Waals surface area contributed by atoms with Gasteiger partial charge in [0.25, 0.3) is 5.91 Å². The van der Waals surface area contributed by atoms with Gasteiger partial charge in [-0.2, -0.15) is 4.72 Å². The summed E-state index contributed by atoms with van der Waals surface area (Å²) in [4.78, 5) is 24.0. The fourth-order valence-corrected chi connectivity index (χ4v) is 3.26. The van der Waals surface area contributed by atoms with Gasteiger partial charge >= 0.3 is 5.97 Å². The number of carbonyl (C=O) groups excluding carboxylic acids is 2. The summed E-state index contributed by atoms with van der Waals surface area (Å²) in [6.07, 6.45) is -1.08. The molecule has 0 unspecified atom stereocenters. The number of sulfonamides is 1. The van der Waals surface area contributed by atoms with E-state index >= 15 is 0 Å². The fraction of sp³-hybridized carbons (Fsp3) is 0.300. The van der Waals surface area contributed by atoms with Crippen LogP contribution in [-0.2, 0) is 24.3 Å². The normalized spacial score (nSPS) is 12.1. The molecular formula is C20H24N2O6S. The Hall–Kier alpha value is -2.91. The highest BCUT2D eigenvalue weighted by Crippen LogP contribution is 2.15. The van der Waals surface area contributed by atoms with Crippen molar-refractivity contribution in [1.29, 1.82) is 0 Å². The second kappa shape index (κ2) is 10.0. The predicted octanol–water partition coefficient (Wildman–Crippen LogP) is 2.24. The second-order valence-electron chi connectivity index (χ2n) is 6.22. The summed E-state index contributed by atoms with van der Waals surface area (Å²) in [5, 5.41) is 2.62. The van der Waals surface area contributed by atoms with E-state index in [-0.39, 0.29) is 4.90 Å². The molecule has 2 N–H and O–H groups in total. The van der Waals surface area contributed by atoms with Crippen LogP contribution in [-0.4, -0.2) is 39.5 Å². The molecule has 0 spiro atoms. The zero-order valence-electron chi connectivity index (χ0n) is 16.5. The summed E-state index contributed by atoms with van der Waals surface area (Å²) in [6.45, 7) is 5.01. The molecule has 1 atom stereocenters. The van der Waals surface area contributed by atoms with E-state index in [4.69, 9.17) is 9.47 Å². The third-order valence-electron chi connectivity index (χ3n) is 3.85. The lowest BCUT2D eigenvalue weighted by molar-refractivity contribution is -0.151. The van der Waals surface area contributed by atoms with Gasteiger partial charge in [-0.1, -0.05) is 17.7 Å². The van der Waals surface area contributed by atoms with E-state index in [1.807, 2.05) is 26.0 Å². The standard InChI is InChI=1S/C20H24N2O6S/c1-4-27-17-9-11-18(12-10-17)29(25,26)21-13-19(23)28-15(3)20(24)22-16-7-5-14(2)6-8-16/h5-12,15,21H,4,13H2,1-3H3,(H,22,24)/t15-/m0/s1.